The van der Waals surface area contributed by atoms with Gasteiger partial charge in [-0.15, -0.1) is 5.10 Å². The zero-order chi connectivity index (χ0) is 17.9. The lowest BCUT2D eigenvalue weighted by molar-refractivity contribution is 0.101. The normalized spacial score (nSPS) is 10.7. The molecule has 0 aromatic carbocycles. The van der Waals surface area contributed by atoms with Crippen molar-refractivity contribution in [2.24, 2.45) is 0 Å². The van der Waals surface area contributed by atoms with Crippen LogP contribution >= 0.6 is 0 Å². The highest BCUT2D eigenvalue weighted by atomic mass is 16.4. The van der Waals surface area contributed by atoms with Gasteiger partial charge in [0.1, 0.15) is 18.3 Å². The number of hydrogen-bond donors (Lipinski definition) is 1. The summed E-state index contributed by atoms with van der Waals surface area (Å²) in [6, 6.07) is 7.12. The Labute approximate surface area is 147 Å². The van der Waals surface area contributed by atoms with E-state index in [0.717, 1.165) is 5.56 Å². The average Bonchev–Trinajstić information content (AvgIpc) is 3.32. The number of amides is 1. The first-order valence-electron chi connectivity index (χ1n) is 7.59. The van der Waals surface area contributed by atoms with Crippen molar-refractivity contribution in [2.45, 2.75) is 6.92 Å². The second kappa shape index (κ2) is 6.51. The van der Waals surface area contributed by atoms with Gasteiger partial charge in [0.15, 0.2) is 5.82 Å². The topological polar surface area (TPSA) is 125 Å². The van der Waals surface area contributed by atoms with Crippen molar-refractivity contribution >= 4 is 11.9 Å². The molecule has 0 unspecified atom stereocenters. The summed E-state index contributed by atoms with van der Waals surface area (Å²) in [5.74, 6) is -0.147. The third-order valence-electron chi connectivity index (χ3n) is 3.50. The zero-order valence-corrected chi connectivity index (χ0v) is 13.6. The van der Waals surface area contributed by atoms with Gasteiger partial charge in [0, 0.05) is 12.4 Å². The second-order valence-corrected chi connectivity index (χ2v) is 5.24. The number of anilines is 1. The number of rotatable bonds is 4. The SMILES string of the molecule is Cc1cccnc1-c1coc(NC(=O)c2ncnn2-c2cccnn2)n1. The number of aromatic nitrogens is 7. The van der Waals surface area contributed by atoms with Crippen LogP contribution in [-0.2, 0) is 0 Å². The largest absolute Gasteiger partial charge is 0.431 e. The van der Waals surface area contributed by atoms with E-state index >= 15 is 0 Å². The first-order chi connectivity index (χ1) is 12.7. The van der Waals surface area contributed by atoms with Crippen LogP contribution in [0, 0.1) is 6.92 Å². The molecule has 4 rings (SSSR count). The maximum Gasteiger partial charge on any atom is 0.302 e. The van der Waals surface area contributed by atoms with Crippen LogP contribution in [0.5, 0.6) is 0 Å². The summed E-state index contributed by atoms with van der Waals surface area (Å²) in [4.78, 5) is 25.0. The molecule has 0 saturated heterocycles. The number of oxazole rings is 1. The molecule has 1 N–H and O–H groups in total. The molecule has 0 aliphatic carbocycles. The van der Waals surface area contributed by atoms with E-state index in [1.807, 2.05) is 19.1 Å². The number of nitrogens with one attached hydrogen (secondary N) is 1. The van der Waals surface area contributed by atoms with Gasteiger partial charge >= 0.3 is 6.01 Å². The Morgan fingerprint density at radius 2 is 2.08 bits per heavy atom. The van der Waals surface area contributed by atoms with Gasteiger partial charge in [0.05, 0.1) is 5.69 Å². The van der Waals surface area contributed by atoms with Gasteiger partial charge in [-0.05, 0) is 30.7 Å². The number of pyridine rings is 1. The summed E-state index contributed by atoms with van der Waals surface area (Å²) >= 11 is 0. The first kappa shape index (κ1) is 15.6. The van der Waals surface area contributed by atoms with E-state index in [1.165, 1.54) is 23.5 Å². The molecular weight excluding hydrogens is 336 g/mol. The molecule has 10 nitrogen and oxygen atoms in total. The van der Waals surface area contributed by atoms with Gasteiger partial charge in [-0.1, -0.05) is 6.07 Å². The number of carbonyl (C=O) groups is 1. The van der Waals surface area contributed by atoms with Gasteiger partial charge in [0.2, 0.25) is 5.82 Å². The molecule has 0 fully saturated rings. The highest BCUT2D eigenvalue weighted by molar-refractivity contribution is 6.00. The van der Waals surface area contributed by atoms with E-state index in [2.05, 4.69) is 35.6 Å². The van der Waals surface area contributed by atoms with Crippen molar-refractivity contribution in [2.75, 3.05) is 5.32 Å². The van der Waals surface area contributed by atoms with E-state index < -0.39 is 5.91 Å². The molecule has 0 bridgehead atoms. The van der Waals surface area contributed by atoms with Crippen LogP contribution in [0.2, 0.25) is 0 Å². The third-order valence-corrected chi connectivity index (χ3v) is 3.50. The Kier molecular flexibility index (Phi) is 3.90. The molecule has 0 radical (unpaired) electrons. The summed E-state index contributed by atoms with van der Waals surface area (Å²) in [6.07, 6.45) is 5.87. The van der Waals surface area contributed by atoms with Gasteiger partial charge in [-0.3, -0.25) is 15.1 Å². The molecule has 0 aliphatic rings. The molecule has 4 heterocycles. The van der Waals surface area contributed by atoms with Gasteiger partial charge in [-0.25, -0.2) is 4.98 Å². The molecule has 0 atom stereocenters. The second-order valence-electron chi connectivity index (χ2n) is 5.24. The molecular formula is C16H12N8O2. The van der Waals surface area contributed by atoms with Crippen molar-refractivity contribution in [1.82, 2.24) is 34.9 Å². The summed E-state index contributed by atoms with van der Waals surface area (Å²) in [6.45, 7) is 1.92. The van der Waals surface area contributed by atoms with Crippen molar-refractivity contribution in [3.05, 3.63) is 60.6 Å². The van der Waals surface area contributed by atoms with Crippen LogP contribution in [0.3, 0.4) is 0 Å². The van der Waals surface area contributed by atoms with E-state index in [9.17, 15) is 4.79 Å². The summed E-state index contributed by atoms with van der Waals surface area (Å²) < 4.78 is 6.59. The van der Waals surface area contributed by atoms with E-state index in [4.69, 9.17) is 4.42 Å². The van der Waals surface area contributed by atoms with Crippen molar-refractivity contribution in [3.63, 3.8) is 0 Å². The maximum atomic E-state index is 12.5. The molecule has 1 amide bonds. The molecule has 4 aromatic rings. The highest BCUT2D eigenvalue weighted by Gasteiger charge is 2.19. The minimum Gasteiger partial charge on any atom is -0.431 e. The molecule has 4 aromatic heterocycles. The summed E-state index contributed by atoms with van der Waals surface area (Å²) in [5.41, 5.74) is 2.15. The van der Waals surface area contributed by atoms with Gasteiger partial charge < -0.3 is 4.42 Å². The predicted molar refractivity (Wildman–Crippen MR) is 89.4 cm³/mol. The lowest BCUT2D eigenvalue weighted by atomic mass is 10.2. The Hall–Kier alpha value is -3.95. The fourth-order valence-electron chi connectivity index (χ4n) is 2.32. The Morgan fingerprint density at radius 3 is 2.88 bits per heavy atom. The van der Waals surface area contributed by atoms with Crippen LogP contribution in [0.15, 0.2) is 53.7 Å². The zero-order valence-electron chi connectivity index (χ0n) is 13.6. The molecule has 0 aliphatic heterocycles. The minimum atomic E-state index is -0.542. The quantitative estimate of drug-likeness (QED) is 0.590. The Morgan fingerprint density at radius 1 is 1.19 bits per heavy atom. The summed E-state index contributed by atoms with van der Waals surface area (Å²) in [5, 5.41) is 14.2. The highest BCUT2D eigenvalue weighted by Crippen LogP contribution is 2.21. The lowest BCUT2D eigenvalue weighted by Gasteiger charge is -2.03. The minimum absolute atomic E-state index is 0.0271. The monoisotopic (exact) mass is 348 g/mol. The van der Waals surface area contributed by atoms with Crippen molar-refractivity contribution < 1.29 is 9.21 Å². The molecule has 0 saturated carbocycles. The fourth-order valence-corrected chi connectivity index (χ4v) is 2.32. The van der Waals surface area contributed by atoms with Crippen molar-refractivity contribution in [3.8, 4) is 17.2 Å². The van der Waals surface area contributed by atoms with Crippen LogP contribution in [0.4, 0.5) is 6.01 Å². The fraction of sp³-hybridized carbons (Fsp3) is 0.0625. The van der Waals surface area contributed by atoms with E-state index in [0.29, 0.717) is 17.2 Å². The Balaban J connectivity index is 1.57. The predicted octanol–water partition coefficient (Wildman–Crippen LogP) is 1.67. The number of hydrogen-bond acceptors (Lipinski definition) is 8. The van der Waals surface area contributed by atoms with Crippen LogP contribution in [0.1, 0.15) is 16.2 Å². The smallest absolute Gasteiger partial charge is 0.302 e. The summed E-state index contributed by atoms with van der Waals surface area (Å²) in [7, 11) is 0. The van der Waals surface area contributed by atoms with E-state index in [1.54, 1.807) is 18.3 Å². The number of nitrogens with zero attached hydrogens (tertiary/aromatic N) is 7. The first-order valence-corrected chi connectivity index (χ1v) is 7.59. The number of aryl methyl sites for hydroxylation is 1. The van der Waals surface area contributed by atoms with Crippen LogP contribution in [0.25, 0.3) is 17.2 Å². The molecule has 0 spiro atoms. The van der Waals surface area contributed by atoms with Gasteiger partial charge in [0.25, 0.3) is 5.91 Å². The molecule has 26 heavy (non-hydrogen) atoms. The lowest BCUT2D eigenvalue weighted by Crippen LogP contribution is -2.19. The standard InChI is InChI=1S/C16H12N8O2/c1-10-4-2-6-17-13(10)11-8-26-16(21-11)22-15(25)14-18-9-20-24(14)12-5-3-7-19-23-12/h2-9H,1H3,(H,21,22,25). The van der Waals surface area contributed by atoms with Gasteiger partial charge in [-0.2, -0.15) is 19.9 Å². The van der Waals surface area contributed by atoms with Crippen molar-refractivity contribution in [1.29, 1.82) is 0 Å². The number of carbonyl (C=O) groups excluding carboxylic acids is 1. The molecule has 128 valence electrons. The Bertz CT molecular complexity index is 1060. The van der Waals surface area contributed by atoms with Crippen LogP contribution < -0.4 is 5.32 Å². The third kappa shape index (κ3) is 2.90. The molecule has 10 heteroatoms. The maximum absolute atomic E-state index is 12.5. The average molecular weight is 348 g/mol. The van der Waals surface area contributed by atoms with E-state index in [-0.39, 0.29) is 11.8 Å². The van der Waals surface area contributed by atoms with Crippen LogP contribution in [-0.4, -0.2) is 40.8 Å².